The van der Waals surface area contributed by atoms with Gasteiger partial charge >= 0.3 is 12.3 Å². The quantitative estimate of drug-likeness (QED) is 0.461. The van der Waals surface area contributed by atoms with Crippen LogP contribution in [-0.2, 0) is 4.74 Å². The predicted molar refractivity (Wildman–Crippen MR) is 110 cm³/mol. The maximum absolute atomic E-state index is 13.6. The first-order valence-corrected chi connectivity index (χ1v) is 9.58. The third-order valence-electron chi connectivity index (χ3n) is 4.60. The van der Waals surface area contributed by atoms with Crippen molar-refractivity contribution in [3.8, 4) is 0 Å². The molecule has 0 aliphatic carbocycles. The monoisotopic (exact) mass is 415 g/mol. The van der Waals surface area contributed by atoms with Gasteiger partial charge in [-0.15, -0.1) is 0 Å². The predicted octanol–water partition coefficient (Wildman–Crippen LogP) is 5.31. The van der Waals surface area contributed by atoms with Gasteiger partial charge in [0.05, 0.1) is 5.57 Å². The van der Waals surface area contributed by atoms with E-state index in [4.69, 9.17) is 4.74 Å². The zero-order chi connectivity index (χ0) is 22.6. The first-order chi connectivity index (χ1) is 13.2. The van der Waals surface area contributed by atoms with Crippen LogP contribution in [0.15, 0.2) is 40.7 Å². The van der Waals surface area contributed by atoms with E-state index < -0.39 is 23.4 Å². The molecular weight excluding hydrogens is 383 g/mol. The number of rotatable bonds is 4. The molecule has 1 amide bonds. The van der Waals surface area contributed by atoms with Crippen LogP contribution >= 0.6 is 0 Å². The fraction of sp³-hybridized carbons (Fsp3) is 0.619. The molecule has 5 nitrogen and oxygen atoms in total. The summed E-state index contributed by atoms with van der Waals surface area (Å²) in [5.74, 6) is 0. The highest BCUT2D eigenvalue weighted by molar-refractivity contribution is 6.03. The number of carbonyl (C=O) groups excluding carboxylic acids is 1. The number of allylic oxidation sites excluding steroid dienone is 4. The van der Waals surface area contributed by atoms with Crippen molar-refractivity contribution in [2.45, 2.75) is 66.3 Å². The molecule has 1 fully saturated rings. The summed E-state index contributed by atoms with van der Waals surface area (Å²) >= 11 is 0. The van der Waals surface area contributed by atoms with Crippen molar-refractivity contribution in [3.63, 3.8) is 0 Å². The molecule has 1 rings (SSSR count). The van der Waals surface area contributed by atoms with Gasteiger partial charge in [0, 0.05) is 48.9 Å². The van der Waals surface area contributed by atoms with Gasteiger partial charge in [0.15, 0.2) is 0 Å². The second-order valence-electron chi connectivity index (χ2n) is 8.03. The van der Waals surface area contributed by atoms with Crippen molar-refractivity contribution >= 4 is 11.8 Å². The SMILES string of the molecule is C=C\N=C(C)/C(C(=C\C)/C(F)(F)F)=C(\C)N1CCN(C(=O)OC(C)(C)C)C(C)C1. The van der Waals surface area contributed by atoms with E-state index in [9.17, 15) is 18.0 Å². The summed E-state index contributed by atoms with van der Waals surface area (Å²) in [6, 6.07) is -0.216. The minimum Gasteiger partial charge on any atom is -0.444 e. The van der Waals surface area contributed by atoms with Gasteiger partial charge < -0.3 is 14.5 Å². The summed E-state index contributed by atoms with van der Waals surface area (Å²) in [6.45, 7) is 16.4. The van der Waals surface area contributed by atoms with Crippen LogP contribution in [0.3, 0.4) is 0 Å². The summed E-state index contributed by atoms with van der Waals surface area (Å²) in [4.78, 5) is 19.9. The Balaban J connectivity index is 3.23. The van der Waals surface area contributed by atoms with Gasteiger partial charge in [-0.05, 0) is 48.5 Å². The molecular formula is C21H32F3N3O2. The molecule has 29 heavy (non-hydrogen) atoms. The second-order valence-corrected chi connectivity index (χ2v) is 8.03. The summed E-state index contributed by atoms with van der Waals surface area (Å²) in [5, 5.41) is 0. The fourth-order valence-electron chi connectivity index (χ4n) is 3.31. The van der Waals surface area contributed by atoms with E-state index >= 15 is 0 Å². The normalized spacial score (nSPS) is 20.4. The molecule has 1 atom stereocenters. The van der Waals surface area contributed by atoms with E-state index in [0.29, 0.717) is 25.3 Å². The average molecular weight is 416 g/mol. The molecule has 0 radical (unpaired) electrons. The van der Waals surface area contributed by atoms with E-state index in [1.807, 2.05) is 11.8 Å². The molecule has 1 saturated heterocycles. The number of aliphatic imine (C=N–C) groups is 1. The summed E-state index contributed by atoms with van der Waals surface area (Å²) in [7, 11) is 0. The highest BCUT2D eigenvalue weighted by Crippen LogP contribution is 2.35. The number of nitrogens with zero attached hydrogens (tertiary/aromatic N) is 3. The molecule has 0 N–H and O–H groups in total. The van der Waals surface area contributed by atoms with Crippen molar-refractivity contribution in [1.82, 2.24) is 9.80 Å². The van der Waals surface area contributed by atoms with Gasteiger partial charge in [-0.1, -0.05) is 12.7 Å². The molecule has 1 aliphatic heterocycles. The molecule has 8 heteroatoms. The molecule has 0 aromatic rings. The topological polar surface area (TPSA) is 45.1 Å². The number of hydrogen-bond acceptors (Lipinski definition) is 4. The van der Waals surface area contributed by atoms with Gasteiger partial charge in [0.25, 0.3) is 0 Å². The van der Waals surface area contributed by atoms with E-state index in [1.54, 1.807) is 32.6 Å². The highest BCUT2D eigenvalue weighted by Gasteiger charge is 2.38. The Hall–Kier alpha value is -2.25. The third kappa shape index (κ3) is 6.65. The Bertz CT molecular complexity index is 716. The van der Waals surface area contributed by atoms with Gasteiger partial charge in [-0.2, -0.15) is 13.2 Å². The van der Waals surface area contributed by atoms with Crippen molar-refractivity contribution < 1.29 is 22.7 Å². The zero-order valence-corrected chi connectivity index (χ0v) is 18.4. The average Bonchev–Trinajstić information content (AvgIpc) is 2.56. The molecule has 0 aromatic carbocycles. The van der Waals surface area contributed by atoms with Gasteiger partial charge in [0.1, 0.15) is 5.60 Å². The smallest absolute Gasteiger partial charge is 0.416 e. The van der Waals surface area contributed by atoms with Gasteiger partial charge in [0.2, 0.25) is 0 Å². The van der Waals surface area contributed by atoms with E-state index in [-0.39, 0.29) is 17.3 Å². The minimum atomic E-state index is -4.51. The highest BCUT2D eigenvalue weighted by atomic mass is 19.4. The summed E-state index contributed by atoms with van der Waals surface area (Å²) in [5.41, 5.74) is -0.597. The van der Waals surface area contributed by atoms with E-state index in [1.165, 1.54) is 20.0 Å². The molecule has 1 heterocycles. The van der Waals surface area contributed by atoms with E-state index in [0.717, 1.165) is 6.08 Å². The number of piperazine rings is 1. The third-order valence-corrected chi connectivity index (χ3v) is 4.60. The van der Waals surface area contributed by atoms with Crippen molar-refractivity contribution in [2.24, 2.45) is 4.99 Å². The minimum absolute atomic E-state index is 0.0396. The Labute approximate surface area is 171 Å². The second kappa shape index (κ2) is 9.50. The maximum Gasteiger partial charge on any atom is 0.416 e. The standard InChI is InChI=1S/C21H32F3N3O2/c1-9-17(21(22,23)24)18(15(4)25-10-2)16(5)26-11-12-27(14(3)13-26)19(28)29-20(6,7)8/h9-10,14H,2,11-13H2,1,3-8H3/b17-9+,18-16-,25-15-. The Kier molecular flexibility index (Phi) is 8.12. The van der Waals surface area contributed by atoms with Crippen molar-refractivity contribution in [1.29, 1.82) is 0 Å². The number of hydrogen-bond donors (Lipinski definition) is 0. The molecule has 0 saturated carbocycles. The van der Waals surface area contributed by atoms with Crippen LogP contribution in [0.2, 0.25) is 0 Å². The molecule has 1 unspecified atom stereocenters. The van der Waals surface area contributed by atoms with Gasteiger partial charge in [-0.25, -0.2) is 4.79 Å². The van der Waals surface area contributed by atoms with Crippen LogP contribution in [0.5, 0.6) is 0 Å². The number of halogens is 3. The molecule has 0 bridgehead atoms. The Morgan fingerprint density at radius 1 is 1.21 bits per heavy atom. The van der Waals surface area contributed by atoms with Crippen LogP contribution in [0.25, 0.3) is 0 Å². The lowest BCUT2D eigenvalue weighted by molar-refractivity contribution is -0.0891. The fourth-order valence-corrected chi connectivity index (χ4v) is 3.31. The lowest BCUT2D eigenvalue weighted by Crippen LogP contribution is -2.54. The lowest BCUT2D eigenvalue weighted by atomic mass is 9.97. The number of alkyl halides is 3. The first kappa shape index (κ1) is 24.8. The van der Waals surface area contributed by atoms with Crippen LogP contribution < -0.4 is 0 Å². The van der Waals surface area contributed by atoms with Crippen LogP contribution in [0.4, 0.5) is 18.0 Å². The van der Waals surface area contributed by atoms with Crippen LogP contribution in [0, 0.1) is 0 Å². The van der Waals surface area contributed by atoms with Crippen LogP contribution in [-0.4, -0.2) is 59.1 Å². The van der Waals surface area contributed by atoms with Crippen molar-refractivity contribution in [2.75, 3.05) is 19.6 Å². The molecule has 1 aliphatic rings. The van der Waals surface area contributed by atoms with Crippen LogP contribution in [0.1, 0.15) is 48.5 Å². The largest absolute Gasteiger partial charge is 0.444 e. The summed E-state index contributed by atoms with van der Waals surface area (Å²) in [6.07, 6.45) is -2.63. The maximum atomic E-state index is 13.6. The van der Waals surface area contributed by atoms with Gasteiger partial charge in [-0.3, -0.25) is 4.99 Å². The molecule has 0 spiro atoms. The van der Waals surface area contributed by atoms with Crippen molar-refractivity contribution in [3.05, 3.63) is 35.7 Å². The first-order valence-electron chi connectivity index (χ1n) is 9.58. The summed E-state index contributed by atoms with van der Waals surface area (Å²) < 4.78 is 46.3. The Morgan fingerprint density at radius 2 is 1.79 bits per heavy atom. The number of amides is 1. The number of ether oxygens (including phenoxy) is 1. The lowest BCUT2D eigenvalue weighted by Gasteiger charge is -2.42. The number of carbonyl (C=O) groups is 1. The molecule has 0 aromatic heterocycles. The zero-order valence-electron chi connectivity index (χ0n) is 18.4. The molecule has 164 valence electrons. The van der Waals surface area contributed by atoms with E-state index in [2.05, 4.69) is 11.6 Å². The Morgan fingerprint density at radius 3 is 2.21 bits per heavy atom.